The van der Waals surface area contributed by atoms with Crippen molar-refractivity contribution < 1.29 is 4.39 Å². The number of aromatic nitrogens is 5. The fraction of sp³-hybridized carbons (Fsp3) is 0.0833. The van der Waals surface area contributed by atoms with Crippen LogP contribution in [0.4, 0.5) is 10.2 Å². The molecule has 8 heteroatoms. The lowest BCUT2D eigenvalue weighted by atomic mass is 10.0. The molecule has 0 aliphatic heterocycles. The van der Waals surface area contributed by atoms with Crippen LogP contribution in [0.2, 0.25) is 5.02 Å². The average molecular weight is 293 g/mol. The van der Waals surface area contributed by atoms with Gasteiger partial charge in [-0.3, -0.25) is 4.68 Å². The van der Waals surface area contributed by atoms with Gasteiger partial charge in [0.05, 0.1) is 16.8 Å². The van der Waals surface area contributed by atoms with Crippen molar-refractivity contribution in [1.29, 1.82) is 0 Å². The van der Waals surface area contributed by atoms with Crippen LogP contribution in [-0.4, -0.2) is 25.2 Å². The molecular formula is C12H10ClFN6. The smallest absolute Gasteiger partial charge is 0.133 e. The number of H-pyrrole nitrogens is 1. The van der Waals surface area contributed by atoms with Crippen molar-refractivity contribution in [2.45, 2.75) is 0 Å². The maximum Gasteiger partial charge on any atom is 0.133 e. The van der Waals surface area contributed by atoms with E-state index >= 15 is 0 Å². The summed E-state index contributed by atoms with van der Waals surface area (Å²) in [6.07, 6.45) is 1.53. The van der Waals surface area contributed by atoms with E-state index in [0.717, 1.165) is 0 Å². The molecule has 0 unspecified atom stereocenters. The first kappa shape index (κ1) is 12.6. The number of nitrogens with one attached hydrogen (secondary N) is 1. The van der Waals surface area contributed by atoms with Gasteiger partial charge in [-0.05, 0) is 18.2 Å². The molecule has 1 aromatic carbocycles. The SMILES string of the molecule is Cn1nc(-c2cn[nH]n2)c(-c2ccc(F)cc2Cl)c1N. The van der Waals surface area contributed by atoms with Crippen molar-refractivity contribution in [2.24, 2.45) is 7.05 Å². The van der Waals surface area contributed by atoms with Gasteiger partial charge in [0.25, 0.3) is 0 Å². The Labute approximate surface area is 118 Å². The van der Waals surface area contributed by atoms with Crippen LogP contribution in [0.5, 0.6) is 0 Å². The Hall–Kier alpha value is -2.41. The van der Waals surface area contributed by atoms with Crippen molar-refractivity contribution in [3.63, 3.8) is 0 Å². The van der Waals surface area contributed by atoms with Gasteiger partial charge < -0.3 is 5.73 Å². The highest BCUT2D eigenvalue weighted by atomic mass is 35.5. The van der Waals surface area contributed by atoms with E-state index in [9.17, 15) is 4.39 Å². The number of halogens is 2. The Bertz CT molecular complexity index is 765. The number of nitrogens with zero attached hydrogens (tertiary/aromatic N) is 4. The lowest BCUT2D eigenvalue weighted by Crippen LogP contribution is -1.98. The quantitative estimate of drug-likeness (QED) is 0.758. The number of rotatable bonds is 2. The summed E-state index contributed by atoms with van der Waals surface area (Å²) in [5.41, 5.74) is 8.30. The molecule has 6 nitrogen and oxygen atoms in total. The van der Waals surface area contributed by atoms with Crippen molar-refractivity contribution in [2.75, 3.05) is 5.73 Å². The highest BCUT2D eigenvalue weighted by Gasteiger charge is 2.21. The fourth-order valence-corrected chi connectivity index (χ4v) is 2.25. The van der Waals surface area contributed by atoms with Crippen LogP contribution in [-0.2, 0) is 7.05 Å². The molecule has 3 N–H and O–H groups in total. The number of aryl methyl sites for hydroxylation is 1. The molecule has 0 amide bonds. The zero-order chi connectivity index (χ0) is 14.3. The van der Waals surface area contributed by atoms with E-state index in [1.54, 1.807) is 13.1 Å². The van der Waals surface area contributed by atoms with Gasteiger partial charge in [0.2, 0.25) is 0 Å². The predicted octanol–water partition coefficient (Wildman–Crippen LogP) is 2.25. The first-order valence-corrected chi connectivity index (χ1v) is 6.09. The second kappa shape index (κ2) is 4.61. The Kier molecular flexibility index (Phi) is 2.90. The summed E-state index contributed by atoms with van der Waals surface area (Å²) in [6, 6.07) is 4.12. The fourth-order valence-electron chi connectivity index (χ4n) is 1.99. The van der Waals surface area contributed by atoms with E-state index in [1.807, 2.05) is 0 Å². The molecule has 0 aliphatic rings. The third-order valence-corrected chi connectivity index (χ3v) is 3.26. The van der Waals surface area contributed by atoms with E-state index in [0.29, 0.717) is 28.3 Å². The summed E-state index contributed by atoms with van der Waals surface area (Å²) in [4.78, 5) is 0. The number of anilines is 1. The lowest BCUT2D eigenvalue weighted by Gasteiger charge is -2.05. The van der Waals surface area contributed by atoms with Crippen LogP contribution in [0, 0.1) is 5.82 Å². The van der Waals surface area contributed by atoms with Gasteiger partial charge in [0.15, 0.2) is 0 Å². The predicted molar refractivity (Wildman–Crippen MR) is 73.4 cm³/mol. The molecule has 0 aliphatic carbocycles. The number of hydrogen-bond donors (Lipinski definition) is 2. The van der Waals surface area contributed by atoms with E-state index < -0.39 is 5.82 Å². The highest BCUT2D eigenvalue weighted by Crippen LogP contribution is 2.38. The third kappa shape index (κ3) is 1.92. The van der Waals surface area contributed by atoms with E-state index in [4.69, 9.17) is 17.3 Å². The summed E-state index contributed by atoms with van der Waals surface area (Å²) in [5, 5.41) is 14.8. The largest absolute Gasteiger partial charge is 0.383 e. The zero-order valence-electron chi connectivity index (χ0n) is 10.4. The van der Waals surface area contributed by atoms with E-state index in [1.165, 1.54) is 23.0 Å². The molecule has 0 fully saturated rings. The molecule has 0 radical (unpaired) electrons. The number of hydrogen-bond acceptors (Lipinski definition) is 4. The Morgan fingerprint density at radius 1 is 1.40 bits per heavy atom. The molecule has 0 bridgehead atoms. The number of benzene rings is 1. The first-order valence-electron chi connectivity index (χ1n) is 5.72. The van der Waals surface area contributed by atoms with Gasteiger partial charge in [-0.25, -0.2) is 4.39 Å². The van der Waals surface area contributed by atoms with Gasteiger partial charge >= 0.3 is 0 Å². The van der Waals surface area contributed by atoms with Crippen LogP contribution in [0.25, 0.3) is 22.5 Å². The summed E-state index contributed by atoms with van der Waals surface area (Å²) in [5.74, 6) is 0.000654. The minimum Gasteiger partial charge on any atom is -0.383 e. The Balaban J connectivity index is 2.28. The minimum absolute atomic E-state index is 0.259. The molecule has 102 valence electrons. The van der Waals surface area contributed by atoms with Crippen LogP contribution in [0.1, 0.15) is 0 Å². The molecule has 3 rings (SSSR count). The molecule has 0 spiro atoms. The molecule has 20 heavy (non-hydrogen) atoms. The van der Waals surface area contributed by atoms with E-state index in [-0.39, 0.29) is 5.02 Å². The van der Waals surface area contributed by atoms with Crippen molar-refractivity contribution >= 4 is 17.4 Å². The van der Waals surface area contributed by atoms with E-state index in [2.05, 4.69) is 20.5 Å². The van der Waals surface area contributed by atoms with Gasteiger partial charge in [-0.1, -0.05) is 11.6 Å². The summed E-state index contributed by atoms with van der Waals surface area (Å²) < 4.78 is 14.7. The second-order valence-electron chi connectivity index (χ2n) is 4.21. The molecule has 3 aromatic rings. The molecule has 0 saturated carbocycles. The number of nitrogens with two attached hydrogens (primary N) is 1. The van der Waals surface area contributed by atoms with Crippen molar-refractivity contribution in [3.05, 3.63) is 35.2 Å². The van der Waals surface area contributed by atoms with Crippen LogP contribution in [0.15, 0.2) is 24.4 Å². The van der Waals surface area contributed by atoms with Gasteiger partial charge in [-0.15, -0.1) is 0 Å². The standard InChI is InChI=1S/C12H10ClFN6/c1-20-12(15)10(7-3-2-6(14)4-8(7)13)11(18-20)9-5-16-19-17-9/h2-5H,15H2,1H3,(H,16,17,19). The molecular weight excluding hydrogens is 283 g/mol. The van der Waals surface area contributed by atoms with Crippen LogP contribution >= 0.6 is 11.6 Å². The number of aromatic amines is 1. The highest BCUT2D eigenvalue weighted by molar-refractivity contribution is 6.33. The lowest BCUT2D eigenvalue weighted by molar-refractivity contribution is 0.628. The molecule has 0 saturated heterocycles. The summed E-state index contributed by atoms with van der Waals surface area (Å²) >= 11 is 6.10. The summed E-state index contributed by atoms with van der Waals surface area (Å²) in [6.45, 7) is 0. The molecule has 2 aromatic heterocycles. The second-order valence-corrected chi connectivity index (χ2v) is 4.62. The molecule has 0 atom stereocenters. The van der Waals surface area contributed by atoms with Crippen molar-refractivity contribution in [3.8, 4) is 22.5 Å². The van der Waals surface area contributed by atoms with Crippen LogP contribution < -0.4 is 5.73 Å². The van der Waals surface area contributed by atoms with Crippen LogP contribution in [0.3, 0.4) is 0 Å². The topological polar surface area (TPSA) is 85.4 Å². The Morgan fingerprint density at radius 3 is 2.85 bits per heavy atom. The molecule has 2 heterocycles. The normalized spacial score (nSPS) is 10.9. The number of nitrogen functional groups attached to an aromatic ring is 1. The van der Waals surface area contributed by atoms with Gasteiger partial charge in [-0.2, -0.15) is 20.5 Å². The summed E-state index contributed by atoms with van der Waals surface area (Å²) in [7, 11) is 1.71. The van der Waals surface area contributed by atoms with Crippen molar-refractivity contribution in [1.82, 2.24) is 25.2 Å². The monoisotopic (exact) mass is 292 g/mol. The Morgan fingerprint density at radius 2 is 2.20 bits per heavy atom. The van der Waals surface area contributed by atoms with Gasteiger partial charge in [0, 0.05) is 12.6 Å². The first-order chi connectivity index (χ1) is 9.58. The average Bonchev–Trinajstić information content (AvgIpc) is 3.01. The zero-order valence-corrected chi connectivity index (χ0v) is 11.2. The third-order valence-electron chi connectivity index (χ3n) is 2.95. The minimum atomic E-state index is -0.413. The van der Waals surface area contributed by atoms with Gasteiger partial charge in [0.1, 0.15) is 23.0 Å². The maximum atomic E-state index is 13.2. The maximum absolute atomic E-state index is 13.2.